The van der Waals surface area contributed by atoms with E-state index < -0.39 is 29.7 Å². The summed E-state index contributed by atoms with van der Waals surface area (Å²) < 4.78 is 16.3. The number of hydrogen-bond donors (Lipinski definition) is 3. The van der Waals surface area contributed by atoms with Gasteiger partial charge in [0.25, 0.3) is 0 Å². The molecule has 38 heavy (non-hydrogen) atoms. The molecule has 13 nitrogen and oxygen atoms in total. The lowest BCUT2D eigenvalue weighted by Gasteiger charge is -2.22. The van der Waals surface area contributed by atoms with Crippen LogP contribution >= 0.6 is 0 Å². The molecule has 0 spiro atoms. The number of nitrogens with two attached hydrogens (primary N) is 1. The van der Waals surface area contributed by atoms with Gasteiger partial charge in [-0.1, -0.05) is 6.07 Å². The molecule has 0 saturated carbocycles. The van der Waals surface area contributed by atoms with Crippen LogP contribution in [0, 0.1) is 5.41 Å². The number of benzene rings is 1. The van der Waals surface area contributed by atoms with Gasteiger partial charge in [-0.3, -0.25) is 9.98 Å². The Hall–Kier alpha value is -4.81. The molecule has 13 heteroatoms. The number of carbonyl (C=O) groups is 3. The summed E-state index contributed by atoms with van der Waals surface area (Å²) in [5.74, 6) is -1.00. The second-order valence-electron chi connectivity index (χ2n) is 9.14. The quantitative estimate of drug-likeness (QED) is 0.171. The molecular formula is C25H29N7O6. The molecule has 1 amide bonds. The van der Waals surface area contributed by atoms with Crippen molar-refractivity contribution < 1.29 is 28.6 Å². The Morgan fingerprint density at radius 1 is 1.11 bits per heavy atom. The van der Waals surface area contributed by atoms with E-state index in [4.69, 9.17) is 25.4 Å². The van der Waals surface area contributed by atoms with Crippen LogP contribution in [0.5, 0.6) is 0 Å². The Kier molecular flexibility index (Phi) is 8.40. The highest BCUT2D eigenvalue weighted by Gasteiger charge is 2.26. The van der Waals surface area contributed by atoms with Crippen LogP contribution in [0.15, 0.2) is 42.9 Å². The van der Waals surface area contributed by atoms with Gasteiger partial charge in [0.15, 0.2) is 5.82 Å². The van der Waals surface area contributed by atoms with Crippen molar-refractivity contribution in [2.75, 3.05) is 14.2 Å². The van der Waals surface area contributed by atoms with Crippen LogP contribution in [-0.2, 0) is 25.4 Å². The number of amides is 1. The van der Waals surface area contributed by atoms with Crippen molar-refractivity contribution >= 4 is 23.9 Å². The van der Waals surface area contributed by atoms with E-state index in [1.807, 2.05) is 0 Å². The van der Waals surface area contributed by atoms with Crippen molar-refractivity contribution in [3.05, 3.63) is 59.7 Å². The van der Waals surface area contributed by atoms with Crippen LogP contribution in [0.2, 0.25) is 0 Å². The third-order valence-electron chi connectivity index (χ3n) is 5.15. The molecule has 0 fully saturated rings. The molecular weight excluding hydrogens is 494 g/mol. The Labute approximate surface area is 218 Å². The van der Waals surface area contributed by atoms with Gasteiger partial charge in [-0.25, -0.2) is 19.4 Å². The highest BCUT2D eigenvalue weighted by molar-refractivity contribution is 6.03. The van der Waals surface area contributed by atoms with Gasteiger partial charge < -0.3 is 25.3 Å². The van der Waals surface area contributed by atoms with Crippen LogP contribution in [0.3, 0.4) is 0 Å². The van der Waals surface area contributed by atoms with E-state index in [1.54, 1.807) is 55.8 Å². The average molecular weight is 524 g/mol. The summed E-state index contributed by atoms with van der Waals surface area (Å²) in [4.78, 5) is 40.5. The lowest BCUT2D eigenvalue weighted by atomic mass is 10.0. The van der Waals surface area contributed by atoms with E-state index >= 15 is 0 Å². The van der Waals surface area contributed by atoms with Gasteiger partial charge >= 0.3 is 18.0 Å². The number of imidazole rings is 1. The number of amidine groups is 1. The molecule has 4 N–H and O–H groups in total. The molecule has 0 saturated heterocycles. The molecule has 3 rings (SSSR count). The maximum absolute atomic E-state index is 12.2. The predicted octanol–water partition coefficient (Wildman–Crippen LogP) is 2.01. The maximum atomic E-state index is 12.2. The van der Waals surface area contributed by atoms with Gasteiger partial charge in [0.05, 0.1) is 31.2 Å². The first kappa shape index (κ1) is 27.8. The maximum Gasteiger partial charge on any atom is 0.408 e. The van der Waals surface area contributed by atoms with E-state index in [0.29, 0.717) is 28.3 Å². The minimum atomic E-state index is -1.01. The van der Waals surface area contributed by atoms with Gasteiger partial charge in [-0.2, -0.15) is 0 Å². The lowest BCUT2D eigenvalue weighted by molar-refractivity contribution is -0.143. The summed E-state index contributed by atoms with van der Waals surface area (Å²) in [7, 11) is 2.49. The van der Waals surface area contributed by atoms with Gasteiger partial charge in [-0.05, 0) is 45.0 Å². The van der Waals surface area contributed by atoms with Crippen LogP contribution < -0.4 is 11.1 Å². The fourth-order valence-electron chi connectivity index (χ4n) is 3.43. The second kappa shape index (κ2) is 11.5. The number of nitrogen functional groups attached to an aromatic ring is 1. The number of alkyl carbamates (subject to hydrolysis) is 1. The molecule has 0 aliphatic rings. The van der Waals surface area contributed by atoms with Gasteiger partial charge in [0.1, 0.15) is 23.8 Å². The molecule has 2 aromatic heterocycles. The molecule has 3 aromatic rings. The first-order chi connectivity index (χ1) is 17.9. The molecule has 1 aromatic carbocycles. The zero-order valence-electron chi connectivity index (χ0n) is 21.6. The fourth-order valence-corrected chi connectivity index (χ4v) is 3.43. The summed E-state index contributed by atoms with van der Waals surface area (Å²) >= 11 is 0. The van der Waals surface area contributed by atoms with Crippen molar-refractivity contribution in [2.24, 2.45) is 5.73 Å². The average Bonchev–Trinajstić information content (AvgIpc) is 3.34. The minimum Gasteiger partial charge on any atom is -0.467 e. The summed E-state index contributed by atoms with van der Waals surface area (Å²) in [5, 5.41) is 18.8. The number of rotatable bonds is 8. The number of methoxy groups -OCH3 is 2. The third-order valence-corrected chi connectivity index (χ3v) is 5.15. The largest absolute Gasteiger partial charge is 0.467 e. The summed E-state index contributed by atoms with van der Waals surface area (Å²) in [6, 6.07) is 6.99. The molecule has 1 unspecified atom stereocenters. The lowest BCUT2D eigenvalue weighted by Crippen LogP contribution is -2.45. The first-order valence-corrected chi connectivity index (χ1v) is 11.4. The molecule has 2 heterocycles. The Balaban J connectivity index is 1.79. The zero-order valence-corrected chi connectivity index (χ0v) is 21.6. The second-order valence-corrected chi connectivity index (χ2v) is 9.14. The van der Waals surface area contributed by atoms with Crippen LogP contribution in [0.25, 0.3) is 17.1 Å². The van der Waals surface area contributed by atoms with E-state index in [1.165, 1.54) is 26.6 Å². The topological polar surface area (TPSA) is 184 Å². The standard InChI is InChI=1S/C25H29N7O6/c1-25(2,3)38-24(35)29-19(23(34)37-5)11-15-12-32(13-28-15)20-9-8-18(30-31-20)16-7-6-14(22(33)36-4)10-17(16)21(26)27/h6-10,12-13,19H,11H2,1-5H3,(H3,26,27)(H,29,35). The molecule has 0 radical (unpaired) electrons. The number of carbonyl (C=O) groups excluding carboxylic acids is 3. The van der Waals surface area contributed by atoms with Crippen LogP contribution in [0.1, 0.15) is 42.4 Å². The highest BCUT2D eigenvalue weighted by Crippen LogP contribution is 2.23. The predicted molar refractivity (Wildman–Crippen MR) is 136 cm³/mol. The fraction of sp³-hybridized carbons (Fsp3) is 0.320. The number of aromatic nitrogens is 4. The van der Waals surface area contributed by atoms with Crippen molar-refractivity contribution in [1.29, 1.82) is 5.41 Å². The van der Waals surface area contributed by atoms with Crippen molar-refractivity contribution in [2.45, 2.75) is 38.8 Å². The SMILES string of the molecule is COC(=O)c1ccc(-c2ccc(-n3cnc(CC(NC(=O)OC(C)(C)C)C(=O)OC)c3)nn2)c(C(=N)N)c1. The van der Waals surface area contributed by atoms with Crippen molar-refractivity contribution in [3.63, 3.8) is 0 Å². The Morgan fingerprint density at radius 2 is 1.84 bits per heavy atom. The van der Waals surface area contributed by atoms with Crippen molar-refractivity contribution in [3.8, 4) is 17.1 Å². The molecule has 0 bridgehead atoms. The summed E-state index contributed by atoms with van der Waals surface area (Å²) in [5.41, 5.74) is 6.99. The van der Waals surface area contributed by atoms with E-state index in [2.05, 4.69) is 20.5 Å². The number of ether oxygens (including phenoxy) is 3. The third kappa shape index (κ3) is 6.90. The minimum absolute atomic E-state index is 0.0545. The monoisotopic (exact) mass is 523 g/mol. The number of nitrogens with one attached hydrogen (secondary N) is 2. The summed E-state index contributed by atoms with van der Waals surface area (Å²) in [6.07, 6.45) is 2.44. The number of esters is 2. The zero-order chi connectivity index (χ0) is 28.0. The molecule has 200 valence electrons. The number of nitrogens with zero attached hydrogens (tertiary/aromatic N) is 4. The van der Waals surface area contributed by atoms with Gasteiger partial charge in [0.2, 0.25) is 0 Å². The van der Waals surface area contributed by atoms with Crippen LogP contribution in [-0.4, -0.2) is 69.5 Å². The van der Waals surface area contributed by atoms with Gasteiger partial charge in [0, 0.05) is 23.7 Å². The molecule has 1 atom stereocenters. The Bertz CT molecular complexity index is 1340. The molecule has 0 aliphatic carbocycles. The van der Waals surface area contributed by atoms with Gasteiger partial charge in [-0.15, -0.1) is 10.2 Å². The van der Waals surface area contributed by atoms with E-state index in [-0.39, 0.29) is 17.8 Å². The number of hydrogen-bond acceptors (Lipinski definition) is 10. The molecule has 0 aliphatic heterocycles. The highest BCUT2D eigenvalue weighted by atomic mass is 16.6. The summed E-state index contributed by atoms with van der Waals surface area (Å²) in [6.45, 7) is 5.14. The van der Waals surface area contributed by atoms with E-state index in [0.717, 1.165) is 0 Å². The Morgan fingerprint density at radius 3 is 2.42 bits per heavy atom. The van der Waals surface area contributed by atoms with Crippen molar-refractivity contribution in [1.82, 2.24) is 25.1 Å². The smallest absolute Gasteiger partial charge is 0.408 e. The van der Waals surface area contributed by atoms with E-state index in [9.17, 15) is 14.4 Å². The normalized spacial score (nSPS) is 11.8. The van der Waals surface area contributed by atoms with Crippen LogP contribution in [0.4, 0.5) is 4.79 Å². The first-order valence-electron chi connectivity index (χ1n) is 11.4.